The number of carbonyl (C=O) groups excluding carboxylic acids is 1. The molecule has 140 valence electrons. The van der Waals surface area contributed by atoms with Gasteiger partial charge < -0.3 is 10.4 Å². The number of hydrogen-bond donors (Lipinski definition) is 2. The van der Waals surface area contributed by atoms with Gasteiger partial charge >= 0.3 is 6.18 Å². The third-order valence-corrected chi connectivity index (χ3v) is 4.72. The molecule has 1 atom stereocenters. The number of carbonyl (C=O) groups is 1. The molecule has 0 aliphatic heterocycles. The minimum absolute atomic E-state index is 0.257. The zero-order valence-electron chi connectivity index (χ0n) is 14.2. The van der Waals surface area contributed by atoms with E-state index in [1.807, 2.05) is 12.1 Å². The number of aliphatic hydroxyl groups excluding tert-OH is 1. The third kappa shape index (κ3) is 5.51. The number of rotatable bonds is 7. The molecule has 2 rings (SSSR count). The number of amides is 1. The van der Waals surface area contributed by atoms with Gasteiger partial charge in [-0.15, -0.1) is 0 Å². The summed E-state index contributed by atoms with van der Waals surface area (Å²) in [6, 6.07) is 11.8. The molecule has 7 heteroatoms. The maximum atomic E-state index is 13.0. The fourth-order valence-electron chi connectivity index (χ4n) is 2.42. The molecule has 0 fully saturated rings. The first kappa shape index (κ1) is 20.3. The number of alkyl halides is 3. The summed E-state index contributed by atoms with van der Waals surface area (Å²) >= 11 is 1.77. The molecule has 0 aromatic heterocycles. The van der Waals surface area contributed by atoms with Crippen molar-refractivity contribution in [2.24, 2.45) is 0 Å². The first-order valence-electron chi connectivity index (χ1n) is 8.12. The number of hydrogen-bond acceptors (Lipinski definition) is 3. The predicted molar refractivity (Wildman–Crippen MR) is 97.0 cm³/mol. The summed E-state index contributed by atoms with van der Waals surface area (Å²) in [4.78, 5) is 12.1. The number of benzene rings is 2. The van der Waals surface area contributed by atoms with Crippen LogP contribution in [-0.2, 0) is 11.9 Å². The van der Waals surface area contributed by atoms with Crippen LogP contribution in [0.25, 0.3) is 0 Å². The Labute approximate surface area is 154 Å². The molecular formula is C19H20F3NO2S. The molecule has 0 saturated heterocycles. The summed E-state index contributed by atoms with van der Waals surface area (Å²) in [5.74, 6) is 1.41. The highest BCUT2D eigenvalue weighted by molar-refractivity contribution is 7.98. The summed E-state index contributed by atoms with van der Waals surface area (Å²) in [5.41, 5.74) is 0.325. The highest BCUT2D eigenvalue weighted by Crippen LogP contribution is 2.34. The van der Waals surface area contributed by atoms with E-state index >= 15 is 0 Å². The van der Waals surface area contributed by atoms with Crippen LogP contribution in [0.3, 0.4) is 0 Å². The largest absolute Gasteiger partial charge is 0.416 e. The second kappa shape index (κ2) is 9.09. The predicted octanol–water partition coefficient (Wildman–Crippen LogP) is 4.42. The summed E-state index contributed by atoms with van der Waals surface area (Å²) < 4.78 is 39.0. The zero-order valence-corrected chi connectivity index (χ0v) is 15.0. The molecule has 0 saturated carbocycles. The van der Waals surface area contributed by atoms with Crippen molar-refractivity contribution < 1.29 is 23.1 Å². The van der Waals surface area contributed by atoms with Crippen LogP contribution >= 0.6 is 11.8 Å². The Kier molecular flexibility index (Phi) is 7.11. The smallest absolute Gasteiger partial charge is 0.387 e. The quantitative estimate of drug-likeness (QED) is 0.744. The van der Waals surface area contributed by atoms with E-state index in [0.717, 1.165) is 23.1 Å². The molecule has 0 bridgehead atoms. The van der Waals surface area contributed by atoms with Gasteiger partial charge in [0.2, 0.25) is 0 Å². The molecule has 3 nitrogen and oxygen atoms in total. The molecular weight excluding hydrogens is 363 g/mol. The Morgan fingerprint density at radius 3 is 2.42 bits per heavy atom. The van der Waals surface area contributed by atoms with Gasteiger partial charge in [-0.3, -0.25) is 4.79 Å². The van der Waals surface area contributed by atoms with E-state index in [2.05, 4.69) is 12.2 Å². The van der Waals surface area contributed by atoms with Crippen molar-refractivity contribution in [2.45, 2.75) is 25.0 Å². The first-order chi connectivity index (χ1) is 12.3. The number of nitrogens with one attached hydrogen (secondary N) is 1. The van der Waals surface area contributed by atoms with Crippen LogP contribution in [0.4, 0.5) is 13.2 Å². The van der Waals surface area contributed by atoms with Crippen molar-refractivity contribution in [3.8, 4) is 0 Å². The van der Waals surface area contributed by atoms with Gasteiger partial charge in [-0.2, -0.15) is 24.9 Å². The topological polar surface area (TPSA) is 49.3 Å². The minimum Gasteiger partial charge on any atom is -0.387 e. The second-order valence-corrected chi connectivity index (χ2v) is 6.92. The van der Waals surface area contributed by atoms with E-state index in [1.165, 1.54) is 18.2 Å². The van der Waals surface area contributed by atoms with Gasteiger partial charge in [-0.25, -0.2) is 0 Å². The highest BCUT2D eigenvalue weighted by Gasteiger charge is 2.34. The molecule has 26 heavy (non-hydrogen) atoms. The zero-order chi connectivity index (χ0) is 19.2. The van der Waals surface area contributed by atoms with Crippen molar-refractivity contribution >= 4 is 17.7 Å². The van der Waals surface area contributed by atoms with Crippen LogP contribution in [0.5, 0.6) is 0 Å². The summed E-state index contributed by atoms with van der Waals surface area (Å²) in [5, 5.41) is 12.6. The van der Waals surface area contributed by atoms with Crippen LogP contribution in [0.1, 0.15) is 40.1 Å². The molecule has 1 amide bonds. The molecule has 2 N–H and O–H groups in total. The van der Waals surface area contributed by atoms with Crippen LogP contribution in [-0.4, -0.2) is 23.3 Å². The van der Waals surface area contributed by atoms with E-state index in [1.54, 1.807) is 23.9 Å². The lowest BCUT2D eigenvalue weighted by Gasteiger charge is -2.18. The SMILES string of the molecule is CCSCc1ccc(C(=O)NCC(O)c2ccccc2C(F)(F)F)cc1. The van der Waals surface area contributed by atoms with Crippen LogP contribution in [0, 0.1) is 0 Å². The van der Waals surface area contributed by atoms with E-state index in [0.29, 0.717) is 5.56 Å². The third-order valence-electron chi connectivity index (χ3n) is 3.77. The van der Waals surface area contributed by atoms with Crippen molar-refractivity contribution in [3.63, 3.8) is 0 Å². The lowest BCUT2D eigenvalue weighted by molar-refractivity contribution is -0.139. The average molecular weight is 383 g/mol. The minimum atomic E-state index is -4.56. The van der Waals surface area contributed by atoms with Crippen molar-refractivity contribution in [2.75, 3.05) is 12.3 Å². The Morgan fingerprint density at radius 2 is 1.81 bits per heavy atom. The molecule has 0 aliphatic rings. The standard InChI is InChI=1S/C19H20F3NO2S/c1-2-26-12-13-7-9-14(10-8-13)18(25)23-11-17(24)15-5-3-4-6-16(15)19(20,21)22/h3-10,17,24H,2,11-12H2,1H3,(H,23,25). The maximum Gasteiger partial charge on any atom is 0.416 e. The Hall–Kier alpha value is -1.99. The van der Waals surface area contributed by atoms with Crippen LogP contribution in [0.15, 0.2) is 48.5 Å². The Bertz CT molecular complexity index is 732. The van der Waals surface area contributed by atoms with Gasteiger partial charge in [0.1, 0.15) is 0 Å². The summed E-state index contributed by atoms with van der Waals surface area (Å²) in [7, 11) is 0. The van der Waals surface area contributed by atoms with Gasteiger partial charge in [0.05, 0.1) is 11.7 Å². The van der Waals surface area contributed by atoms with Crippen molar-refractivity contribution in [1.29, 1.82) is 0 Å². The molecule has 1 unspecified atom stereocenters. The van der Waals surface area contributed by atoms with Gasteiger partial charge in [-0.1, -0.05) is 37.3 Å². The lowest BCUT2D eigenvalue weighted by atomic mass is 10.0. The van der Waals surface area contributed by atoms with Gasteiger partial charge in [0.15, 0.2) is 0 Å². The molecule has 0 heterocycles. The Morgan fingerprint density at radius 1 is 1.15 bits per heavy atom. The van der Waals surface area contributed by atoms with E-state index in [9.17, 15) is 23.1 Å². The summed E-state index contributed by atoms with van der Waals surface area (Å²) in [6.07, 6.45) is -6.01. The molecule has 2 aromatic rings. The van der Waals surface area contributed by atoms with Gasteiger partial charge in [0.25, 0.3) is 5.91 Å². The van der Waals surface area contributed by atoms with E-state index in [-0.39, 0.29) is 12.1 Å². The fourth-order valence-corrected chi connectivity index (χ4v) is 3.05. The average Bonchev–Trinajstić information content (AvgIpc) is 2.64. The van der Waals surface area contributed by atoms with E-state index in [4.69, 9.17) is 0 Å². The van der Waals surface area contributed by atoms with Crippen LogP contribution in [0.2, 0.25) is 0 Å². The van der Waals surface area contributed by atoms with Gasteiger partial charge in [0, 0.05) is 17.9 Å². The van der Waals surface area contributed by atoms with Gasteiger partial charge in [-0.05, 0) is 35.1 Å². The second-order valence-electron chi connectivity index (χ2n) is 5.64. The maximum absolute atomic E-state index is 13.0. The van der Waals surface area contributed by atoms with Crippen LogP contribution < -0.4 is 5.32 Å². The number of aliphatic hydroxyl groups is 1. The molecule has 2 aromatic carbocycles. The summed E-state index contributed by atoms with van der Waals surface area (Å²) in [6.45, 7) is 1.76. The lowest BCUT2D eigenvalue weighted by Crippen LogP contribution is -2.29. The molecule has 0 radical (unpaired) electrons. The monoisotopic (exact) mass is 383 g/mol. The van der Waals surface area contributed by atoms with Crippen molar-refractivity contribution in [1.82, 2.24) is 5.32 Å². The Balaban J connectivity index is 1.99. The molecule has 0 spiro atoms. The number of halogens is 3. The normalized spacial score (nSPS) is 12.7. The highest BCUT2D eigenvalue weighted by atomic mass is 32.2. The van der Waals surface area contributed by atoms with Crippen molar-refractivity contribution in [3.05, 3.63) is 70.8 Å². The number of thioether (sulfide) groups is 1. The first-order valence-corrected chi connectivity index (χ1v) is 9.27. The molecule has 0 aliphatic carbocycles. The van der Waals surface area contributed by atoms with E-state index < -0.39 is 23.8 Å². The fraction of sp³-hybridized carbons (Fsp3) is 0.316.